The predicted molar refractivity (Wildman–Crippen MR) is 106 cm³/mol. The number of carbonyl (C=O) groups excluding carboxylic acids is 3. The maximum Gasteiger partial charge on any atom is 0.274 e. The lowest BCUT2D eigenvalue weighted by atomic mass is 10.1. The zero-order valence-corrected chi connectivity index (χ0v) is 16.7. The third-order valence-corrected chi connectivity index (χ3v) is 5.74. The van der Waals surface area contributed by atoms with Crippen molar-refractivity contribution in [2.75, 3.05) is 26.2 Å². The highest BCUT2D eigenvalue weighted by Gasteiger charge is 2.41. The normalized spacial score (nSPS) is 19.9. The van der Waals surface area contributed by atoms with E-state index in [-0.39, 0.29) is 24.3 Å². The van der Waals surface area contributed by atoms with Crippen molar-refractivity contribution in [2.45, 2.75) is 25.9 Å². The lowest BCUT2D eigenvalue weighted by Crippen LogP contribution is -2.59. The molecule has 0 N–H and O–H groups in total. The lowest BCUT2D eigenvalue weighted by Gasteiger charge is -2.39. The van der Waals surface area contributed by atoms with Gasteiger partial charge in [-0.05, 0) is 25.0 Å². The van der Waals surface area contributed by atoms with Crippen LogP contribution in [-0.2, 0) is 23.2 Å². The molecule has 3 amide bonds. The molecule has 0 spiro atoms. The molecule has 0 aliphatic carbocycles. The third kappa shape index (κ3) is 3.74. The number of amides is 3. The van der Waals surface area contributed by atoms with Crippen LogP contribution in [0, 0.1) is 6.92 Å². The van der Waals surface area contributed by atoms with Crippen molar-refractivity contribution < 1.29 is 14.4 Å². The van der Waals surface area contributed by atoms with E-state index in [1.165, 1.54) is 0 Å². The number of fused-ring (bicyclic) bond motifs is 1. The van der Waals surface area contributed by atoms with Gasteiger partial charge in [0.15, 0.2) is 5.69 Å². The highest BCUT2D eigenvalue weighted by atomic mass is 16.2. The van der Waals surface area contributed by atoms with E-state index in [9.17, 15) is 14.4 Å². The quantitative estimate of drug-likeness (QED) is 0.771. The topological polar surface area (TPSA) is 78.8 Å². The summed E-state index contributed by atoms with van der Waals surface area (Å²) < 4.78 is 1.67. The van der Waals surface area contributed by atoms with Crippen molar-refractivity contribution in [3.63, 3.8) is 0 Å². The van der Waals surface area contributed by atoms with E-state index in [1.54, 1.807) is 32.5 Å². The number of aryl methyl sites for hydroxylation is 2. The molecule has 8 nitrogen and oxygen atoms in total. The first-order chi connectivity index (χ1) is 13.9. The van der Waals surface area contributed by atoms with Crippen molar-refractivity contribution in [2.24, 2.45) is 7.05 Å². The molecule has 1 atom stereocenters. The van der Waals surface area contributed by atoms with Crippen LogP contribution in [0.2, 0.25) is 0 Å². The smallest absolute Gasteiger partial charge is 0.274 e. The lowest BCUT2D eigenvalue weighted by molar-refractivity contribution is -0.156. The molecule has 2 aliphatic rings. The third-order valence-electron chi connectivity index (χ3n) is 5.74. The van der Waals surface area contributed by atoms with Gasteiger partial charge in [-0.1, -0.05) is 30.3 Å². The van der Waals surface area contributed by atoms with Crippen LogP contribution in [0.1, 0.15) is 28.2 Å². The van der Waals surface area contributed by atoms with Crippen molar-refractivity contribution >= 4 is 17.7 Å². The van der Waals surface area contributed by atoms with Gasteiger partial charge in [0.1, 0.15) is 12.6 Å². The summed E-state index contributed by atoms with van der Waals surface area (Å²) in [5.41, 5.74) is 2.30. The maximum atomic E-state index is 13.1. The van der Waals surface area contributed by atoms with E-state index in [0.29, 0.717) is 38.3 Å². The zero-order valence-electron chi connectivity index (χ0n) is 16.7. The number of hydrogen-bond acceptors (Lipinski definition) is 4. The largest absolute Gasteiger partial charge is 0.335 e. The zero-order chi connectivity index (χ0) is 20.5. The maximum absolute atomic E-state index is 13.1. The van der Waals surface area contributed by atoms with Crippen LogP contribution in [-0.4, -0.2) is 74.4 Å². The summed E-state index contributed by atoms with van der Waals surface area (Å²) in [6, 6.07) is 10.9. The van der Waals surface area contributed by atoms with Crippen LogP contribution in [0.3, 0.4) is 0 Å². The van der Waals surface area contributed by atoms with Crippen molar-refractivity contribution in [1.29, 1.82) is 0 Å². The van der Waals surface area contributed by atoms with Gasteiger partial charge in [0.05, 0.1) is 0 Å². The Hall–Kier alpha value is -3.16. The molecule has 8 heteroatoms. The summed E-state index contributed by atoms with van der Waals surface area (Å²) in [6.45, 7) is 3.59. The van der Waals surface area contributed by atoms with Gasteiger partial charge in [-0.15, -0.1) is 0 Å². The first-order valence-corrected chi connectivity index (χ1v) is 9.86. The molecule has 0 saturated carbocycles. The van der Waals surface area contributed by atoms with E-state index in [2.05, 4.69) is 5.10 Å². The number of aromatic nitrogens is 2. The summed E-state index contributed by atoms with van der Waals surface area (Å²) in [4.78, 5) is 43.6. The number of piperazine rings is 1. The first-order valence-electron chi connectivity index (χ1n) is 9.86. The number of hydrogen-bond donors (Lipinski definition) is 0. The Morgan fingerprint density at radius 2 is 1.90 bits per heavy atom. The second-order valence-electron chi connectivity index (χ2n) is 7.66. The SMILES string of the molecule is Cc1cc(C(=O)N2CCC3C(=O)N(Cc4ccccc4)CC(=O)N3CC2)nn1C. The highest BCUT2D eigenvalue weighted by Crippen LogP contribution is 2.21. The average molecular weight is 395 g/mol. The Kier molecular flexibility index (Phi) is 5.08. The van der Waals surface area contributed by atoms with Gasteiger partial charge in [0.25, 0.3) is 5.91 Å². The first kappa shape index (κ1) is 19.2. The van der Waals surface area contributed by atoms with Gasteiger partial charge in [-0.2, -0.15) is 5.10 Å². The molecule has 2 aliphatic heterocycles. The van der Waals surface area contributed by atoms with Gasteiger partial charge in [0, 0.05) is 38.9 Å². The van der Waals surface area contributed by atoms with Crippen LogP contribution in [0.5, 0.6) is 0 Å². The molecule has 2 fully saturated rings. The Balaban J connectivity index is 1.47. The monoisotopic (exact) mass is 395 g/mol. The van der Waals surface area contributed by atoms with Gasteiger partial charge >= 0.3 is 0 Å². The molecule has 0 bridgehead atoms. The fourth-order valence-electron chi connectivity index (χ4n) is 4.00. The van der Waals surface area contributed by atoms with E-state index >= 15 is 0 Å². The second-order valence-corrected chi connectivity index (χ2v) is 7.66. The standard InChI is InChI=1S/C21H25N5O3/c1-15-12-17(22-23(15)2)20(28)24-9-8-18-21(29)25(13-16-6-4-3-5-7-16)14-19(27)26(18)11-10-24/h3-7,12,18H,8-11,13-14H2,1-2H3. The molecule has 1 aromatic heterocycles. The number of rotatable bonds is 3. The highest BCUT2D eigenvalue weighted by molar-refractivity contribution is 5.96. The summed E-state index contributed by atoms with van der Waals surface area (Å²) >= 11 is 0. The average Bonchev–Trinajstić information content (AvgIpc) is 2.92. The number of benzene rings is 1. The molecule has 2 aromatic rings. The molecule has 29 heavy (non-hydrogen) atoms. The molecular formula is C21H25N5O3. The predicted octanol–water partition coefficient (Wildman–Crippen LogP) is 0.814. The molecule has 1 unspecified atom stereocenters. The van der Waals surface area contributed by atoms with Gasteiger partial charge in [-0.3, -0.25) is 19.1 Å². The molecule has 4 rings (SSSR count). The molecule has 152 valence electrons. The summed E-state index contributed by atoms with van der Waals surface area (Å²) in [5.74, 6) is -0.264. The van der Waals surface area contributed by atoms with E-state index in [0.717, 1.165) is 11.3 Å². The Morgan fingerprint density at radius 1 is 1.14 bits per heavy atom. The Labute approximate surface area is 169 Å². The molecule has 3 heterocycles. The van der Waals surface area contributed by atoms with Crippen LogP contribution in [0.4, 0.5) is 0 Å². The van der Waals surface area contributed by atoms with Gasteiger partial charge in [-0.25, -0.2) is 0 Å². The van der Waals surface area contributed by atoms with Crippen molar-refractivity contribution in [1.82, 2.24) is 24.5 Å². The van der Waals surface area contributed by atoms with Crippen LogP contribution in [0.25, 0.3) is 0 Å². The molecule has 0 radical (unpaired) electrons. The fourth-order valence-corrected chi connectivity index (χ4v) is 4.00. The summed E-state index contributed by atoms with van der Waals surface area (Å²) in [6.07, 6.45) is 0.438. The molecule has 1 aromatic carbocycles. The van der Waals surface area contributed by atoms with Crippen molar-refractivity contribution in [3.05, 3.63) is 53.3 Å². The molecule has 2 saturated heterocycles. The van der Waals surface area contributed by atoms with Gasteiger partial charge in [0.2, 0.25) is 11.8 Å². The Morgan fingerprint density at radius 3 is 2.59 bits per heavy atom. The van der Waals surface area contributed by atoms with Crippen LogP contribution >= 0.6 is 0 Å². The molecular weight excluding hydrogens is 370 g/mol. The van der Waals surface area contributed by atoms with E-state index in [4.69, 9.17) is 0 Å². The Bertz CT molecular complexity index is 920. The van der Waals surface area contributed by atoms with Crippen molar-refractivity contribution in [3.8, 4) is 0 Å². The summed E-state index contributed by atoms with van der Waals surface area (Å²) in [7, 11) is 1.80. The minimum absolute atomic E-state index is 0.0450. The fraction of sp³-hybridized carbons (Fsp3) is 0.429. The second kappa shape index (κ2) is 7.69. The number of nitrogens with zero attached hydrogens (tertiary/aromatic N) is 5. The minimum Gasteiger partial charge on any atom is -0.335 e. The van der Waals surface area contributed by atoms with E-state index < -0.39 is 6.04 Å². The van der Waals surface area contributed by atoms with Gasteiger partial charge < -0.3 is 14.7 Å². The van der Waals surface area contributed by atoms with E-state index in [1.807, 2.05) is 37.3 Å². The summed E-state index contributed by atoms with van der Waals surface area (Å²) in [5, 5.41) is 4.27. The van der Waals surface area contributed by atoms with Crippen LogP contribution < -0.4 is 0 Å². The van der Waals surface area contributed by atoms with Crippen LogP contribution in [0.15, 0.2) is 36.4 Å². The number of carbonyl (C=O) groups is 3. The minimum atomic E-state index is -0.511.